The Morgan fingerprint density at radius 3 is 2.62 bits per heavy atom. The summed E-state index contributed by atoms with van der Waals surface area (Å²) < 4.78 is 13.5. The van der Waals surface area contributed by atoms with E-state index < -0.39 is 0 Å². The Kier molecular flexibility index (Phi) is 7.34. The fourth-order valence-corrected chi connectivity index (χ4v) is 4.08. The standard InChI is InChI=1S/C19H28N4O2S/c1-3-16-5-7-17(8-6-16)25-15-18-20-21-19(23(18)4-2)26-14-11-22-9-12-24-13-10-22/h5-8H,3-4,9-15H2,1-2H3/p+1. The Labute approximate surface area is 159 Å². The number of thioether (sulfide) groups is 1. The molecule has 0 amide bonds. The van der Waals surface area contributed by atoms with E-state index in [-0.39, 0.29) is 0 Å². The van der Waals surface area contributed by atoms with Gasteiger partial charge in [-0.05, 0) is 31.0 Å². The van der Waals surface area contributed by atoms with Gasteiger partial charge >= 0.3 is 0 Å². The molecule has 1 aliphatic heterocycles. The molecule has 142 valence electrons. The van der Waals surface area contributed by atoms with E-state index in [2.05, 4.69) is 40.7 Å². The molecule has 1 aliphatic rings. The van der Waals surface area contributed by atoms with Crippen molar-refractivity contribution in [2.45, 2.75) is 38.6 Å². The van der Waals surface area contributed by atoms with Gasteiger partial charge in [0.05, 0.1) is 25.5 Å². The fourth-order valence-electron chi connectivity index (χ4n) is 3.02. The zero-order chi connectivity index (χ0) is 18.2. The molecule has 0 aliphatic carbocycles. The van der Waals surface area contributed by atoms with E-state index in [1.54, 1.807) is 16.7 Å². The highest BCUT2D eigenvalue weighted by atomic mass is 32.2. The number of quaternary nitrogens is 1. The monoisotopic (exact) mass is 377 g/mol. The van der Waals surface area contributed by atoms with Gasteiger partial charge in [-0.1, -0.05) is 30.8 Å². The molecule has 0 unspecified atom stereocenters. The predicted octanol–water partition coefficient (Wildman–Crippen LogP) is 1.45. The first-order valence-corrected chi connectivity index (χ1v) is 10.5. The van der Waals surface area contributed by atoms with Crippen molar-refractivity contribution >= 4 is 11.8 Å². The molecule has 3 rings (SSSR count). The lowest BCUT2D eigenvalue weighted by atomic mass is 10.2. The van der Waals surface area contributed by atoms with Gasteiger partial charge in [-0.15, -0.1) is 10.2 Å². The molecule has 1 aromatic heterocycles. The summed E-state index contributed by atoms with van der Waals surface area (Å²) in [6, 6.07) is 8.25. The molecule has 0 radical (unpaired) electrons. The van der Waals surface area contributed by atoms with Crippen LogP contribution in [-0.4, -0.2) is 53.4 Å². The normalized spacial score (nSPS) is 15.3. The number of aromatic nitrogens is 3. The minimum Gasteiger partial charge on any atom is -0.486 e. The van der Waals surface area contributed by atoms with Crippen molar-refractivity contribution < 1.29 is 14.4 Å². The summed E-state index contributed by atoms with van der Waals surface area (Å²) in [7, 11) is 0. The third-order valence-electron chi connectivity index (χ3n) is 4.70. The van der Waals surface area contributed by atoms with Crippen molar-refractivity contribution in [2.75, 3.05) is 38.6 Å². The summed E-state index contributed by atoms with van der Waals surface area (Å²) >= 11 is 1.78. The number of aryl methyl sites for hydroxylation is 1. The first-order chi connectivity index (χ1) is 12.8. The van der Waals surface area contributed by atoms with Crippen molar-refractivity contribution in [2.24, 2.45) is 0 Å². The Hall–Kier alpha value is -1.57. The molecular weight excluding hydrogens is 348 g/mol. The van der Waals surface area contributed by atoms with Crippen LogP contribution in [0.1, 0.15) is 25.2 Å². The van der Waals surface area contributed by atoms with Crippen LogP contribution >= 0.6 is 11.8 Å². The fraction of sp³-hybridized carbons (Fsp3) is 0.579. The van der Waals surface area contributed by atoms with Gasteiger partial charge in [-0.2, -0.15) is 0 Å². The van der Waals surface area contributed by atoms with Crippen molar-refractivity contribution in [3.05, 3.63) is 35.7 Å². The number of hydrogen-bond acceptors (Lipinski definition) is 5. The van der Waals surface area contributed by atoms with Gasteiger partial charge in [0, 0.05) is 6.54 Å². The average Bonchev–Trinajstić information content (AvgIpc) is 3.09. The second-order valence-electron chi connectivity index (χ2n) is 6.39. The molecule has 2 aromatic rings. The zero-order valence-corrected chi connectivity index (χ0v) is 16.6. The van der Waals surface area contributed by atoms with E-state index in [0.717, 1.165) is 68.3 Å². The van der Waals surface area contributed by atoms with Gasteiger partial charge in [-0.25, -0.2) is 0 Å². The summed E-state index contributed by atoms with van der Waals surface area (Å²) in [4.78, 5) is 1.62. The van der Waals surface area contributed by atoms with Crippen LogP contribution in [0.4, 0.5) is 0 Å². The molecule has 1 saturated heterocycles. The summed E-state index contributed by atoms with van der Waals surface area (Å²) in [5.41, 5.74) is 1.31. The maximum atomic E-state index is 5.90. The Morgan fingerprint density at radius 2 is 1.92 bits per heavy atom. The quantitative estimate of drug-likeness (QED) is 0.671. The maximum absolute atomic E-state index is 5.90. The summed E-state index contributed by atoms with van der Waals surface area (Å²) in [6.07, 6.45) is 1.04. The highest BCUT2D eigenvalue weighted by Gasteiger charge is 2.16. The molecule has 6 nitrogen and oxygen atoms in total. The number of benzene rings is 1. The van der Waals surface area contributed by atoms with Crippen LogP contribution in [0, 0.1) is 0 Å². The molecule has 7 heteroatoms. The lowest BCUT2D eigenvalue weighted by Crippen LogP contribution is -3.14. The lowest BCUT2D eigenvalue weighted by molar-refractivity contribution is -0.905. The Balaban J connectivity index is 1.51. The second kappa shape index (κ2) is 9.94. The minimum absolute atomic E-state index is 0.446. The Bertz CT molecular complexity index is 669. The second-order valence-corrected chi connectivity index (χ2v) is 7.45. The first-order valence-electron chi connectivity index (χ1n) is 9.48. The van der Waals surface area contributed by atoms with Gasteiger partial charge in [0.1, 0.15) is 25.4 Å². The van der Waals surface area contributed by atoms with Crippen molar-refractivity contribution in [3.63, 3.8) is 0 Å². The van der Waals surface area contributed by atoms with Crippen LogP contribution in [0.3, 0.4) is 0 Å². The van der Waals surface area contributed by atoms with Crippen molar-refractivity contribution in [1.29, 1.82) is 0 Å². The molecule has 1 aromatic carbocycles. The van der Waals surface area contributed by atoms with Crippen LogP contribution in [0.15, 0.2) is 29.4 Å². The largest absolute Gasteiger partial charge is 0.486 e. The lowest BCUT2D eigenvalue weighted by Gasteiger charge is -2.23. The molecular formula is C19H29N4O2S+. The van der Waals surface area contributed by atoms with Crippen molar-refractivity contribution in [1.82, 2.24) is 14.8 Å². The molecule has 0 spiro atoms. The SMILES string of the molecule is CCc1ccc(OCc2nnc(SCC[NH+]3CCOCC3)n2CC)cc1. The third kappa shape index (κ3) is 5.22. The molecule has 1 fully saturated rings. The minimum atomic E-state index is 0.446. The summed E-state index contributed by atoms with van der Waals surface area (Å²) in [5.74, 6) is 2.80. The van der Waals surface area contributed by atoms with Crippen molar-refractivity contribution in [3.8, 4) is 5.75 Å². The maximum Gasteiger partial charge on any atom is 0.191 e. The van der Waals surface area contributed by atoms with Crippen LogP contribution in [-0.2, 0) is 24.3 Å². The van der Waals surface area contributed by atoms with Crippen LogP contribution in [0.25, 0.3) is 0 Å². The summed E-state index contributed by atoms with van der Waals surface area (Å²) in [6.45, 7) is 10.7. The molecule has 26 heavy (non-hydrogen) atoms. The molecule has 1 N–H and O–H groups in total. The molecule has 0 atom stereocenters. The highest BCUT2D eigenvalue weighted by molar-refractivity contribution is 7.99. The van der Waals surface area contributed by atoms with E-state index in [4.69, 9.17) is 9.47 Å². The smallest absolute Gasteiger partial charge is 0.191 e. The predicted molar refractivity (Wildman–Crippen MR) is 103 cm³/mol. The van der Waals surface area contributed by atoms with Gasteiger partial charge in [0.15, 0.2) is 11.0 Å². The van der Waals surface area contributed by atoms with E-state index in [0.29, 0.717) is 6.61 Å². The van der Waals surface area contributed by atoms with E-state index >= 15 is 0 Å². The molecule has 2 heterocycles. The van der Waals surface area contributed by atoms with Gasteiger partial charge in [0.25, 0.3) is 0 Å². The summed E-state index contributed by atoms with van der Waals surface area (Å²) in [5, 5.41) is 9.70. The number of hydrogen-bond donors (Lipinski definition) is 1. The van der Waals surface area contributed by atoms with Gasteiger partial charge in [0.2, 0.25) is 0 Å². The number of ether oxygens (including phenoxy) is 2. The zero-order valence-electron chi connectivity index (χ0n) is 15.7. The number of morpholine rings is 1. The number of nitrogens with one attached hydrogen (secondary N) is 1. The van der Waals surface area contributed by atoms with E-state index in [9.17, 15) is 0 Å². The Morgan fingerprint density at radius 1 is 1.15 bits per heavy atom. The first kappa shape index (κ1) is 19.2. The third-order valence-corrected chi connectivity index (χ3v) is 5.66. The van der Waals surface area contributed by atoms with Crippen LogP contribution in [0.2, 0.25) is 0 Å². The average molecular weight is 378 g/mol. The highest BCUT2D eigenvalue weighted by Crippen LogP contribution is 2.18. The van der Waals surface area contributed by atoms with E-state index in [1.165, 1.54) is 5.56 Å². The van der Waals surface area contributed by atoms with Gasteiger partial charge < -0.3 is 18.9 Å². The number of nitrogens with zero attached hydrogens (tertiary/aromatic N) is 3. The number of rotatable bonds is 9. The van der Waals surface area contributed by atoms with Crippen LogP contribution < -0.4 is 9.64 Å². The van der Waals surface area contributed by atoms with Crippen LogP contribution in [0.5, 0.6) is 5.75 Å². The molecule has 0 bridgehead atoms. The topological polar surface area (TPSA) is 53.6 Å². The molecule has 0 saturated carbocycles. The van der Waals surface area contributed by atoms with E-state index in [1.807, 2.05) is 12.1 Å². The van der Waals surface area contributed by atoms with Gasteiger partial charge in [-0.3, -0.25) is 0 Å².